The van der Waals surface area contributed by atoms with Crippen LogP contribution in [0.25, 0.3) is 0 Å². The maximum absolute atomic E-state index is 12.2. The number of ketones is 1. The van der Waals surface area contributed by atoms with Crippen molar-refractivity contribution >= 4 is 5.78 Å². The van der Waals surface area contributed by atoms with Crippen molar-refractivity contribution in [2.75, 3.05) is 26.2 Å². The first-order valence-electron chi connectivity index (χ1n) is 8.13. The van der Waals surface area contributed by atoms with Gasteiger partial charge in [0.2, 0.25) is 0 Å². The molecular weight excluding hydrogens is 298 g/mol. The second-order valence-electron chi connectivity index (χ2n) is 6.30. The fraction of sp³-hybridized carbons (Fsp3) is 0.611. The molecule has 1 aliphatic heterocycles. The largest absolute Gasteiger partial charge is 1.00 e. The van der Waals surface area contributed by atoms with Gasteiger partial charge in [0.15, 0.2) is 5.78 Å². The molecule has 1 aliphatic rings. The first-order chi connectivity index (χ1) is 10.1. The molecule has 0 aliphatic carbocycles. The standard InChI is InChI=1S/C18H27NO2.ClH/c1-15(2)14-21-17-8-6-16(7-9-17)18(20)10-13-19-11-4-3-5-12-19;/h6-9,15H,3-5,10-14H2,1-2H3;1H/p-1. The third kappa shape index (κ3) is 6.37. The molecule has 2 rings (SSSR count). The summed E-state index contributed by atoms with van der Waals surface area (Å²) in [7, 11) is 0. The zero-order valence-corrected chi connectivity index (χ0v) is 14.4. The summed E-state index contributed by atoms with van der Waals surface area (Å²) in [4.78, 5) is 14.6. The van der Waals surface area contributed by atoms with Gasteiger partial charge >= 0.3 is 0 Å². The predicted molar refractivity (Wildman–Crippen MR) is 86.0 cm³/mol. The van der Waals surface area contributed by atoms with Gasteiger partial charge in [-0.05, 0) is 56.1 Å². The van der Waals surface area contributed by atoms with E-state index in [-0.39, 0.29) is 18.2 Å². The van der Waals surface area contributed by atoms with Gasteiger partial charge in [0.05, 0.1) is 6.61 Å². The molecule has 0 unspecified atom stereocenters. The minimum absolute atomic E-state index is 0. The normalized spacial score (nSPS) is 15.4. The summed E-state index contributed by atoms with van der Waals surface area (Å²) in [6.45, 7) is 8.15. The summed E-state index contributed by atoms with van der Waals surface area (Å²) >= 11 is 0. The molecule has 0 aromatic heterocycles. The van der Waals surface area contributed by atoms with Crippen LogP contribution in [-0.4, -0.2) is 36.9 Å². The lowest BCUT2D eigenvalue weighted by Crippen LogP contribution is -3.00. The SMILES string of the molecule is CC(C)COc1ccc(C(=O)CCN2CCCCC2)cc1.[Cl-]. The molecule has 0 atom stereocenters. The van der Waals surface area contributed by atoms with Crippen molar-refractivity contribution in [1.82, 2.24) is 4.90 Å². The number of nitrogens with zero attached hydrogens (tertiary/aromatic N) is 1. The predicted octanol–water partition coefficient (Wildman–Crippen LogP) is 0.784. The average molecular weight is 325 g/mol. The van der Waals surface area contributed by atoms with Gasteiger partial charge in [0.1, 0.15) is 5.75 Å². The van der Waals surface area contributed by atoms with Crippen LogP contribution in [0, 0.1) is 5.92 Å². The summed E-state index contributed by atoms with van der Waals surface area (Å²) in [6, 6.07) is 7.56. The van der Waals surface area contributed by atoms with Gasteiger partial charge < -0.3 is 22.0 Å². The van der Waals surface area contributed by atoms with Gasteiger partial charge in [-0.2, -0.15) is 0 Å². The molecular formula is C18H27ClNO2-. The number of carbonyl (C=O) groups excluding carboxylic acids is 1. The van der Waals surface area contributed by atoms with Crippen molar-refractivity contribution in [2.45, 2.75) is 39.5 Å². The van der Waals surface area contributed by atoms with Gasteiger partial charge in [-0.15, -0.1) is 0 Å². The highest BCUT2D eigenvalue weighted by molar-refractivity contribution is 5.96. The molecule has 4 heteroatoms. The Morgan fingerprint density at radius 1 is 1.14 bits per heavy atom. The monoisotopic (exact) mass is 324 g/mol. The van der Waals surface area contributed by atoms with Crippen molar-refractivity contribution in [3.05, 3.63) is 29.8 Å². The Balaban J connectivity index is 0.00000242. The highest BCUT2D eigenvalue weighted by Gasteiger charge is 2.12. The van der Waals surface area contributed by atoms with Crippen LogP contribution >= 0.6 is 0 Å². The first-order valence-corrected chi connectivity index (χ1v) is 8.13. The molecule has 0 saturated carbocycles. The Kier molecular flexibility index (Phi) is 8.51. The summed E-state index contributed by atoms with van der Waals surface area (Å²) < 4.78 is 5.64. The number of carbonyl (C=O) groups is 1. The van der Waals surface area contributed by atoms with Crippen LogP contribution in [0.4, 0.5) is 0 Å². The third-order valence-corrected chi connectivity index (χ3v) is 3.86. The molecule has 1 saturated heterocycles. The van der Waals surface area contributed by atoms with E-state index < -0.39 is 0 Å². The van der Waals surface area contributed by atoms with Crippen molar-refractivity contribution in [3.63, 3.8) is 0 Å². The van der Waals surface area contributed by atoms with Crippen molar-refractivity contribution in [1.29, 1.82) is 0 Å². The maximum Gasteiger partial charge on any atom is 0.164 e. The number of rotatable bonds is 7. The molecule has 1 fully saturated rings. The zero-order valence-electron chi connectivity index (χ0n) is 13.7. The van der Waals surface area contributed by atoms with E-state index in [0.29, 0.717) is 18.9 Å². The van der Waals surface area contributed by atoms with Gasteiger partial charge in [-0.3, -0.25) is 4.79 Å². The summed E-state index contributed by atoms with van der Waals surface area (Å²) in [5.41, 5.74) is 0.795. The molecule has 0 spiro atoms. The number of hydrogen-bond acceptors (Lipinski definition) is 3. The lowest BCUT2D eigenvalue weighted by molar-refractivity contribution is -0.0000129. The molecule has 0 bridgehead atoms. The highest BCUT2D eigenvalue weighted by atomic mass is 35.5. The molecule has 0 radical (unpaired) electrons. The van der Waals surface area contributed by atoms with Gasteiger partial charge in [-0.1, -0.05) is 20.3 Å². The van der Waals surface area contributed by atoms with Crippen molar-refractivity contribution in [3.8, 4) is 5.75 Å². The van der Waals surface area contributed by atoms with E-state index in [1.807, 2.05) is 24.3 Å². The molecule has 1 aromatic rings. The van der Waals surface area contributed by atoms with Crippen LogP contribution in [-0.2, 0) is 0 Å². The smallest absolute Gasteiger partial charge is 0.164 e. The third-order valence-electron chi connectivity index (χ3n) is 3.86. The second-order valence-corrected chi connectivity index (χ2v) is 6.30. The quantitative estimate of drug-likeness (QED) is 0.694. The van der Waals surface area contributed by atoms with Gasteiger partial charge in [0.25, 0.3) is 0 Å². The van der Waals surface area contributed by atoms with Crippen LogP contribution in [0.15, 0.2) is 24.3 Å². The first kappa shape index (κ1) is 19.0. The lowest BCUT2D eigenvalue weighted by Gasteiger charge is -2.25. The van der Waals surface area contributed by atoms with E-state index in [1.54, 1.807) is 0 Å². The number of Topliss-reactive ketones (excluding diaryl/α,β-unsaturated/α-hetero) is 1. The Morgan fingerprint density at radius 3 is 2.36 bits per heavy atom. The fourth-order valence-electron chi connectivity index (χ4n) is 2.59. The topological polar surface area (TPSA) is 29.5 Å². The Hall–Kier alpha value is -1.06. The van der Waals surface area contributed by atoms with Gasteiger partial charge in [0, 0.05) is 18.5 Å². The molecule has 0 amide bonds. The molecule has 3 nitrogen and oxygen atoms in total. The molecule has 22 heavy (non-hydrogen) atoms. The number of likely N-dealkylation sites (tertiary alicyclic amines) is 1. The molecule has 1 aromatic carbocycles. The molecule has 124 valence electrons. The minimum atomic E-state index is 0. The lowest BCUT2D eigenvalue weighted by atomic mass is 10.1. The highest BCUT2D eigenvalue weighted by Crippen LogP contribution is 2.15. The van der Waals surface area contributed by atoms with E-state index in [0.717, 1.165) is 30.9 Å². The summed E-state index contributed by atoms with van der Waals surface area (Å²) in [5.74, 6) is 1.59. The number of halogens is 1. The Morgan fingerprint density at radius 2 is 1.77 bits per heavy atom. The maximum atomic E-state index is 12.2. The number of piperidine rings is 1. The van der Waals surface area contributed by atoms with Crippen LogP contribution < -0.4 is 17.1 Å². The van der Waals surface area contributed by atoms with E-state index in [9.17, 15) is 4.79 Å². The van der Waals surface area contributed by atoms with Crippen LogP contribution in [0.2, 0.25) is 0 Å². The minimum Gasteiger partial charge on any atom is -1.00 e. The molecule has 0 N–H and O–H groups in total. The number of benzene rings is 1. The number of ether oxygens (including phenoxy) is 1. The van der Waals surface area contributed by atoms with Crippen molar-refractivity contribution < 1.29 is 21.9 Å². The van der Waals surface area contributed by atoms with E-state index in [2.05, 4.69) is 18.7 Å². The Bertz CT molecular complexity index is 439. The summed E-state index contributed by atoms with van der Waals surface area (Å²) in [6.07, 6.45) is 4.50. The van der Waals surface area contributed by atoms with E-state index in [4.69, 9.17) is 4.74 Å². The summed E-state index contributed by atoms with van der Waals surface area (Å²) in [5, 5.41) is 0. The van der Waals surface area contributed by atoms with E-state index >= 15 is 0 Å². The zero-order chi connectivity index (χ0) is 15.1. The van der Waals surface area contributed by atoms with Crippen LogP contribution in [0.3, 0.4) is 0 Å². The second kappa shape index (κ2) is 9.86. The van der Waals surface area contributed by atoms with Gasteiger partial charge in [-0.25, -0.2) is 0 Å². The van der Waals surface area contributed by atoms with Crippen molar-refractivity contribution in [2.24, 2.45) is 5.92 Å². The van der Waals surface area contributed by atoms with Crippen LogP contribution in [0.1, 0.15) is 49.9 Å². The van der Waals surface area contributed by atoms with Crippen LogP contribution in [0.5, 0.6) is 5.75 Å². The Labute approximate surface area is 140 Å². The van der Waals surface area contributed by atoms with E-state index in [1.165, 1.54) is 19.3 Å². The fourth-order valence-corrected chi connectivity index (χ4v) is 2.59. The average Bonchev–Trinajstić information content (AvgIpc) is 2.52. The molecule has 1 heterocycles. The number of hydrogen-bond donors (Lipinski definition) is 0.